The number of hydrogen-bond acceptors (Lipinski definition) is 13. The average molecular weight is 799 g/mol. The van der Waals surface area contributed by atoms with Crippen LogP contribution in [0, 0.1) is 0 Å². The number of rotatable bonds is 15. The topological polar surface area (TPSA) is 293 Å². The Morgan fingerprint density at radius 3 is 1.51 bits per heavy atom. The number of hydrogen-bond donors (Lipinski definition) is 9. The first-order valence-electron chi connectivity index (χ1n) is 18.7. The summed E-state index contributed by atoms with van der Waals surface area (Å²) < 4.78 is 0. The summed E-state index contributed by atoms with van der Waals surface area (Å²) in [6.45, 7) is 2.57. The van der Waals surface area contributed by atoms with Gasteiger partial charge in [-0.3, -0.25) is 33.6 Å². The lowest BCUT2D eigenvalue weighted by Gasteiger charge is -2.34. The van der Waals surface area contributed by atoms with Crippen LogP contribution >= 0.6 is 12.6 Å². The van der Waals surface area contributed by atoms with Gasteiger partial charge >= 0.3 is 5.97 Å². The second-order valence-corrected chi connectivity index (χ2v) is 14.9. The van der Waals surface area contributed by atoms with Crippen molar-refractivity contribution in [1.29, 1.82) is 0 Å². The molecular formula is C34H54N8O12S. The Labute approximate surface area is 323 Å². The zero-order valence-electron chi connectivity index (χ0n) is 31.0. The summed E-state index contributed by atoms with van der Waals surface area (Å²) >= 11 is 4.23. The molecule has 10 atom stereocenters. The van der Waals surface area contributed by atoms with Crippen molar-refractivity contribution in [1.82, 2.24) is 35.6 Å². The third-order valence-corrected chi connectivity index (χ3v) is 11.1. The normalized spacial score (nSPS) is 25.8. The predicted octanol–water partition coefficient (Wildman–Crippen LogP) is -4.50. The molecule has 21 heteroatoms. The van der Waals surface area contributed by atoms with Gasteiger partial charge in [0.2, 0.25) is 41.4 Å². The molecule has 4 saturated heterocycles. The van der Waals surface area contributed by atoms with E-state index in [0.717, 1.165) is 0 Å². The number of amides is 7. The minimum Gasteiger partial charge on any atom is -0.480 e. The lowest BCUT2D eigenvalue weighted by Crippen LogP contribution is -2.61. The molecule has 4 aliphatic heterocycles. The van der Waals surface area contributed by atoms with Gasteiger partial charge in [-0.15, -0.1) is 0 Å². The Morgan fingerprint density at radius 2 is 1.05 bits per heavy atom. The quantitative estimate of drug-likeness (QED) is 0.0708. The van der Waals surface area contributed by atoms with Gasteiger partial charge in [-0.2, -0.15) is 12.6 Å². The van der Waals surface area contributed by atoms with E-state index in [1.54, 1.807) is 0 Å². The van der Waals surface area contributed by atoms with Gasteiger partial charge in [-0.1, -0.05) is 0 Å². The Morgan fingerprint density at radius 1 is 0.636 bits per heavy atom. The molecule has 9 N–H and O–H groups in total. The minimum atomic E-state index is -1.56. The molecule has 55 heavy (non-hydrogen) atoms. The number of aliphatic hydroxyl groups is 3. The highest BCUT2D eigenvalue weighted by atomic mass is 32.1. The van der Waals surface area contributed by atoms with Gasteiger partial charge < -0.3 is 61.7 Å². The monoisotopic (exact) mass is 798 g/mol. The molecule has 0 aromatic rings. The number of nitrogens with zero attached hydrogens (tertiary/aromatic N) is 4. The van der Waals surface area contributed by atoms with E-state index in [1.165, 1.54) is 33.4 Å². The number of aliphatic hydroxyl groups excluding tert-OH is 3. The molecule has 4 fully saturated rings. The van der Waals surface area contributed by atoms with E-state index in [1.807, 2.05) is 0 Å². The van der Waals surface area contributed by atoms with Crippen molar-refractivity contribution in [2.24, 2.45) is 5.73 Å². The fraction of sp³-hybridized carbons (Fsp3) is 0.765. The van der Waals surface area contributed by atoms with E-state index in [0.29, 0.717) is 32.1 Å². The number of likely N-dealkylation sites (tertiary alicyclic amines) is 4. The Bertz CT molecular complexity index is 1480. The van der Waals surface area contributed by atoms with Crippen molar-refractivity contribution >= 4 is 59.9 Å². The number of carboxylic acid groups (broad SMARTS) is 1. The molecule has 20 nitrogen and oxygen atoms in total. The average Bonchev–Trinajstić information content (AvgIpc) is 3.99. The van der Waals surface area contributed by atoms with Crippen molar-refractivity contribution in [3.05, 3.63) is 0 Å². The highest BCUT2D eigenvalue weighted by Gasteiger charge is 2.46. The zero-order chi connectivity index (χ0) is 40.7. The van der Waals surface area contributed by atoms with Crippen LogP contribution in [0.5, 0.6) is 0 Å². The van der Waals surface area contributed by atoms with Gasteiger partial charge in [-0.05, 0) is 65.2 Å². The fourth-order valence-corrected chi connectivity index (χ4v) is 7.96. The highest BCUT2D eigenvalue weighted by molar-refractivity contribution is 7.80. The van der Waals surface area contributed by atoms with Gasteiger partial charge in [0.25, 0.3) is 0 Å². The molecule has 0 aromatic carbocycles. The fourth-order valence-electron chi connectivity index (χ4n) is 7.71. The number of nitrogens with one attached hydrogen (secondary N) is 3. The van der Waals surface area contributed by atoms with E-state index < -0.39 is 114 Å². The van der Waals surface area contributed by atoms with Gasteiger partial charge in [0.15, 0.2) is 0 Å². The summed E-state index contributed by atoms with van der Waals surface area (Å²) in [7, 11) is 0. The highest BCUT2D eigenvalue weighted by Crippen LogP contribution is 2.27. The minimum absolute atomic E-state index is 0.105. The number of carboxylic acids is 1. The number of carbonyl (C=O) groups excluding carboxylic acids is 7. The SMILES string of the molecule is CC(O)C(N)C(=O)N1CCCC1C(=O)N1CCCC1C(=O)NC(C(=O)N1CCCC1C(=O)NC(CS)C(=O)N1CCCC1C(=O)NC(CO)C(=O)O)C(C)O. The number of carbonyl (C=O) groups is 8. The van der Waals surface area contributed by atoms with Crippen LogP contribution in [-0.4, -0.2) is 186 Å². The van der Waals surface area contributed by atoms with Crippen LogP contribution in [0.25, 0.3) is 0 Å². The van der Waals surface area contributed by atoms with Crippen molar-refractivity contribution < 1.29 is 58.8 Å². The summed E-state index contributed by atoms with van der Waals surface area (Å²) in [4.78, 5) is 111. The Balaban J connectivity index is 1.41. The molecule has 0 spiro atoms. The van der Waals surface area contributed by atoms with Gasteiger partial charge in [-0.25, -0.2) is 4.79 Å². The molecule has 0 bridgehead atoms. The number of nitrogens with two attached hydrogens (primary N) is 1. The molecule has 4 heterocycles. The first-order valence-corrected chi connectivity index (χ1v) is 19.4. The lowest BCUT2D eigenvalue weighted by molar-refractivity contribution is -0.149. The third kappa shape index (κ3) is 9.86. The maximum absolute atomic E-state index is 13.9. The summed E-state index contributed by atoms with van der Waals surface area (Å²) in [6, 6.07) is -9.49. The van der Waals surface area contributed by atoms with Crippen LogP contribution in [-0.2, 0) is 38.4 Å². The molecule has 4 aliphatic rings. The summed E-state index contributed by atoms with van der Waals surface area (Å²) in [5, 5.41) is 46.4. The van der Waals surface area contributed by atoms with Crippen LogP contribution in [0.15, 0.2) is 0 Å². The summed E-state index contributed by atoms with van der Waals surface area (Å²) in [6.07, 6.45) is 0.330. The number of aliphatic carboxylic acids is 1. The smallest absolute Gasteiger partial charge is 0.328 e. The second kappa shape index (κ2) is 19.2. The van der Waals surface area contributed by atoms with E-state index in [-0.39, 0.29) is 51.2 Å². The Hall–Kier alpha value is -4.05. The lowest BCUT2D eigenvalue weighted by atomic mass is 10.1. The van der Waals surface area contributed by atoms with Crippen LogP contribution in [0.1, 0.15) is 65.2 Å². The van der Waals surface area contributed by atoms with Gasteiger partial charge in [0.05, 0.1) is 18.8 Å². The van der Waals surface area contributed by atoms with Crippen molar-refractivity contribution in [3.8, 4) is 0 Å². The molecule has 0 radical (unpaired) electrons. The van der Waals surface area contributed by atoms with E-state index in [2.05, 4.69) is 28.6 Å². The molecular weight excluding hydrogens is 744 g/mol. The van der Waals surface area contributed by atoms with Crippen LogP contribution < -0.4 is 21.7 Å². The van der Waals surface area contributed by atoms with Gasteiger partial charge in [0.1, 0.15) is 48.3 Å². The van der Waals surface area contributed by atoms with Crippen molar-refractivity contribution in [2.75, 3.05) is 38.5 Å². The van der Waals surface area contributed by atoms with Crippen LogP contribution in [0.3, 0.4) is 0 Å². The molecule has 7 amide bonds. The summed E-state index contributed by atoms with van der Waals surface area (Å²) in [5.41, 5.74) is 5.86. The maximum Gasteiger partial charge on any atom is 0.328 e. The number of thiol groups is 1. The first-order chi connectivity index (χ1) is 26.0. The van der Waals surface area contributed by atoms with E-state index in [9.17, 15) is 58.8 Å². The van der Waals surface area contributed by atoms with Crippen LogP contribution in [0.2, 0.25) is 0 Å². The maximum atomic E-state index is 13.9. The molecule has 0 saturated carbocycles. The second-order valence-electron chi connectivity index (χ2n) is 14.6. The first kappa shape index (κ1) is 43.7. The molecule has 0 aromatic heterocycles. The largest absolute Gasteiger partial charge is 0.480 e. The predicted molar refractivity (Wildman–Crippen MR) is 195 cm³/mol. The molecule has 308 valence electrons. The molecule has 10 unspecified atom stereocenters. The molecule has 0 aliphatic carbocycles. The third-order valence-electron chi connectivity index (χ3n) is 10.8. The molecule has 4 rings (SSSR count). The van der Waals surface area contributed by atoms with Gasteiger partial charge in [0, 0.05) is 31.9 Å². The zero-order valence-corrected chi connectivity index (χ0v) is 31.9. The van der Waals surface area contributed by atoms with E-state index >= 15 is 0 Å². The van der Waals surface area contributed by atoms with Crippen LogP contribution in [0.4, 0.5) is 0 Å². The van der Waals surface area contributed by atoms with Crippen molar-refractivity contribution in [2.45, 2.75) is 126 Å². The van der Waals surface area contributed by atoms with Crippen molar-refractivity contribution in [3.63, 3.8) is 0 Å². The Kier molecular flexibility index (Phi) is 15.2. The standard InChI is InChI=1S/C34H54N8O12S/c1-17(44)25(35)32(51)42-14-6-10-24(42)31(50)40-12-4-9-23(40)29(48)38-26(18(2)45)33(52)41-13-5-8-22(41)28(47)37-20(16-55)30(49)39-11-3-7-21(39)27(46)36-19(15-43)34(53)54/h17-26,43-45,55H,3-16,35H2,1-2H3,(H,36,46)(H,37,47)(H,38,48)(H,53,54). The van der Waals surface area contributed by atoms with E-state index in [4.69, 9.17) is 5.73 Å². The summed E-state index contributed by atoms with van der Waals surface area (Å²) in [5.74, 6) is -6.20.